The molecule has 0 aromatic rings. The van der Waals surface area contributed by atoms with Crippen LogP contribution in [-0.2, 0) is 19.1 Å². The van der Waals surface area contributed by atoms with Crippen LogP contribution < -0.4 is 0 Å². The molecule has 0 aliphatic carbocycles. The Kier molecular flexibility index (Phi) is 69.1. The summed E-state index contributed by atoms with van der Waals surface area (Å²) in [7, 11) is 0. The van der Waals surface area contributed by atoms with Crippen LogP contribution in [0.5, 0.6) is 0 Å². The van der Waals surface area contributed by atoms with Crippen molar-refractivity contribution in [3.8, 4) is 0 Å². The van der Waals surface area contributed by atoms with E-state index >= 15 is 0 Å². The molecule has 0 bridgehead atoms. The van der Waals surface area contributed by atoms with Gasteiger partial charge in [0.05, 0.1) is 6.61 Å². The molecule has 5 heteroatoms. The first kappa shape index (κ1) is 81.4. The van der Waals surface area contributed by atoms with Gasteiger partial charge in [-0.05, 0) is 173 Å². The zero-order valence-corrected chi connectivity index (χ0v) is 55.4. The number of aliphatic hydroxyl groups is 1. The summed E-state index contributed by atoms with van der Waals surface area (Å²) in [5.41, 5.74) is 0. The first-order valence-electron chi connectivity index (χ1n) is 34.2. The molecular formula is C83H122O5. The molecule has 0 aromatic heterocycles. The fourth-order valence-corrected chi connectivity index (χ4v) is 8.29. The molecule has 1 atom stereocenters. The normalized spacial score (nSPS) is 13.9. The van der Waals surface area contributed by atoms with Crippen LogP contribution in [0.4, 0.5) is 0 Å². The van der Waals surface area contributed by atoms with E-state index in [9.17, 15) is 14.7 Å². The van der Waals surface area contributed by atoms with E-state index in [1.54, 1.807) is 0 Å². The minimum Gasteiger partial charge on any atom is -0.462 e. The van der Waals surface area contributed by atoms with E-state index in [1.165, 1.54) is 25.7 Å². The van der Waals surface area contributed by atoms with Crippen LogP contribution in [0.15, 0.2) is 255 Å². The van der Waals surface area contributed by atoms with Gasteiger partial charge in [-0.2, -0.15) is 0 Å². The lowest BCUT2D eigenvalue weighted by molar-refractivity contribution is -0.161. The average Bonchev–Trinajstić information content (AvgIpc) is 3.54. The van der Waals surface area contributed by atoms with Crippen LogP contribution in [-0.4, -0.2) is 36.4 Å². The molecule has 0 rings (SSSR count). The van der Waals surface area contributed by atoms with Crippen LogP contribution in [0, 0.1) is 0 Å². The van der Waals surface area contributed by atoms with Crippen molar-refractivity contribution in [1.82, 2.24) is 0 Å². The quantitative estimate of drug-likeness (QED) is 0.0373. The number of unbranched alkanes of at least 4 members (excludes halogenated alkanes) is 9. The third-order valence-corrected chi connectivity index (χ3v) is 13.3. The molecule has 0 saturated heterocycles. The van der Waals surface area contributed by atoms with Crippen LogP contribution in [0.2, 0.25) is 0 Å². The lowest BCUT2D eigenvalue weighted by atomic mass is 10.1. The first-order chi connectivity index (χ1) is 43.6. The zero-order valence-electron chi connectivity index (χ0n) is 55.4. The Morgan fingerprint density at radius 2 is 0.455 bits per heavy atom. The summed E-state index contributed by atoms with van der Waals surface area (Å²) in [6.07, 6.45) is 125. The Hall–Kier alpha value is -6.56. The highest BCUT2D eigenvalue weighted by Crippen LogP contribution is 2.12. The first-order valence-corrected chi connectivity index (χ1v) is 34.2. The molecule has 1 N–H and O–H groups in total. The summed E-state index contributed by atoms with van der Waals surface area (Å²) < 4.78 is 10.7. The minimum atomic E-state index is -0.823. The Bertz CT molecular complexity index is 2240. The second-order valence-corrected chi connectivity index (χ2v) is 21.4. The molecule has 0 amide bonds. The molecule has 0 aliphatic heterocycles. The molecule has 0 saturated carbocycles. The second-order valence-electron chi connectivity index (χ2n) is 21.4. The Balaban J connectivity index is 3.72. The fourth-order valence-electron chi connectivity index (χ4n) is 8.29. The van der Waals surface area contributed by atoms with E-state index in [2.05, 4.69) is 269 Å². The second kappa shape index (κ2) is 74.7. The van der Waals surface area contributed by atoms with E-state index in [4.69, 9.17) is 9.47 Å². The van der Waals surface area contributed by atoms with Gasteiger partial charge in [-0.25, -0.2) is 0 Å². The van der Waals surface area contributed by atoms with Gasteiger partial charge in [0.15, 0.2) is 6.10 Å². The fraction of sp³-hybridized carbons (Fsp3) is 0.470. The third-order valence-electron chi connectivity index (χ3n) is 13.3. The van der Waals surface area contributed by atoms with Crippen molar-refractivity contribution in [3.05, 3.63) is 255 Å². The summed E-state index contributed by atoms with van der Waals surface area (Å²) in [4.78, 5) is 24.6. The van der Waals surface area contributed by atoms with Gasteiger partial charge >= 0.3 is 11.9 Å². The molecule has 0 fully saturated rings. The number of carbonyl (C=O) groups excluding carboxylic acids is 2. The molecule has 1 unspecified atom stereocenters. The average molecular weight is 1200 g/mol. The van der Waals surface area contributed by atoms with Crippen LogP contribution in [0.3, 0.4) is 0 Å². The van der Waals surface area contributed by atoms with Gasteiger partial charge in [-0.3, -0.25) is 9.59 Å². The number of esters is 2. The van der Waals surface area contributed by atoms with Crippen molar-refractivity contribution in [2.45, 2.75) is 238 Å². The summed E-state index contributed by atoms with van der Waals surface area (Å²) >= 11 is 0. The number of hydrogen-bond donors (Lipinski definition) is 1. The van der Waals surface area contributed by atoms with Gasteiger partial charge in [0, 0.05) is 12.8 Å². The topological polar surface area (TPSA) is 72.8 Å². The van der Waals surface area contributed by atoms with E-state index in [0.29, 0.717) is 12.8 Å². The summed E-state index contributed by atoms with van der Waals surface area (Å²) in [6.45, 7) is 3.85. The standard InChI is InChI=1S/C83H122O5/c1-3-5-7-9-11-13-15-17-19-21-23-25-27-29-31-33-35-37-39-40-41-42-44-46-48-50-52-54-56-58-60-62-64-66-68-70-72-74-76-78-83(86)88-81(79-84)80-87-82(85)77-75-73-71-69-67-65-63-61-59-57-55-53-51-49-47-45-43-38-36-34-32-30-28-26-24-22-20-18-16-14-12-10-8-6-4-2/h5-8,11-14,17-20,23-26,29-32,35-38,40-41,44-47,50-53,56-59,62,64,68,70,81,84H,3-4,9-10,15-16,21-22,27-28,33-34,39,42-43,48-49,54-55,60-61,63,65-67,69,71-80H2,1-2H3/b7-5-,8-6-,13-11-,14-12-,19-17-,20-18-,25-23-,26-24-,31-29-,32-30-,37-35-,38-36-,41-40-,46-44-,47-45-,52-50-,53-51-,58-56-,59-57-,64-62-,70-68-. The zero-order chi connectivity index (χ0) is 63.3. The molecular weight excluding hydrogens is 1080 g/mol. The van der Waals surface area contributed by atoms with Crippen LogP contribution in [0.25, 0.3) is 0 Å². The number of carbonyl (C=O) groups is 2. The van der Waals surface area contributed by atoms with Gasteiger partial charge < -0.3 is 14.6 Å². The predicted molar refractivity (Wildman–Crippen MR) is 388 cm³/mol. The van der Waals surface area contributed by atoms with Crippen molar-refractivity contribution in [3.63, 3.8) is 0 Å². The maximum atomic E-state index is 12.3. The summed E-state index contributed by atoms with van der Waals surface area (Å²) in [5, 5.41) is 9.69. The van der Waals surface area contributed by atoms with Crippen molar-refractivity contribution in [1.29, 1.82) is 0 Å². The van der Waals surface area contributed by atoms with Gasteiger partial charge in [0.25, 0.3) is 0 Å². The smallest absolute Gasteiger partial charge is 0.306 e. The highest BCUT2D eigenvalue weighted by molar-refractivity contribution is 5.70. The van der Waals surface area contributed by atoms with Gasteiger partial charge in [0.2, 0.25) is 0 Å². The Labute approximate surface area is 540 Å². The number of rotatable bonds is 59. The number of ether oxygens (including phenoxy) is 2. The van der Waals surface area contributed by atoms with Crippen molar-refractivity contribution >= 4 is 11.9 Å². The largest absolute Gasteiger partial charge is 0.462 e. The number of allylic oxidation sites excluding steroid dienone is 42. The highest BCUT2D eigenvalue weighted by Gasteiger charge is 2.16. The van der Waals surface area contributed by atoms with Crippen molar-refractivity contribution < 1.29 is 24.2 Å². The summed E-state index contributed by atoms with van der Waals surface area (Å²) in [6, 6.07) is 0. The predicted octanol–water partition coefficient (Wildman–Crippen LogP) is 24.4. The number of hydrogen-bond acceptors (Lipinski definition) is 5. The molecule has 0 heterocycles. The molecule has 0 spiro atoms. The van der Waals surface area contributed by atoms with Crippen molar-refractivity contribution in [2.24, 2.45) is 0 Å². The van der Waals surface area contributed by atoms with Crippen molar-refractivity contribution in [2.75, 3.05) is 13.2 Å². The molecule has 5 nitrogen and oxygen atoms in total. The number of aliphatic hydroxyl groups excluding tert-OH is 1. The summed E-state index contributed by atoms with van der Waals surface area (Å²) in [5.74, 6) is -0.676. The molecule has 0 radical (unpaired) electrons. The van der Waals surface area contributed by atoms with Gasteiger partial charge in [-0.15, -0.1) is 0 Å². The van der Waals surface area contributed by atoms with Gasteiger partial charge in [0.1, 0.15) is 6.61 Å². The molecule has 0 aliphatic rings. The SMILES string of the molecule is CC/C=C\C/C=C\C/C=C\C/C=C\C/C=C\C/C=C\C/C=C\C/C=C\C/C=C\C/C=C\C/C=C\C/C=C\CCCCC(=O)OC(CO)COC(=O)CCCCCCCCC/C=C\C/C=C\C/C=C\C/C=C\C/C=C\C/C=C\C/C=C\C/C=C\C/C=C\CC. The lowest BCUT2D eigenvalue weighted by Gasteiger charge is -2.15. The maximum Gasteiger partial charge on any atom is 0.306 e. The van der Waals surface area contributed by atoms with E-state index in [0.717, 1.165) is 173 Å². The lowest BCUT2D eigenvalue weighted by Crippen LogP contribution is -2.28. The Morgan fingerprint density at radius 3 is 0.705 bits per heavy atom. The third kappa shape index (κ3) is 71.9. The highest BCUT2D eigenvalue weighted by atomic mass is 16.6. The Morgan fingerprint density at radius 1 is 0.261 bits per heavy atom. The monoisotopic (exact) mass is 1200 g/mol. The molecule has 88 heavy (non-hydrogen) atoms. The minimum absolute atomic E-state index is 0.108. The van der Waals surface area contributed by atoms with Gasteiger partial charge in [-0.1, -0.05) is 301 Å². The van der Waals surface area contributed by atoms with E-state index < -0.39 is 6.10 Å². The van der Waals surface area contributed by atoms with E-state index in [-0.39, 0.29) is 31.6 Å². The maximum absolute atomic E-state index is 12.3. The molecule has 484 valence electrons. The van der Waals surface area contributed by atoms with Crippen LogP contribution in [0.1, 0.15) is 232 Å². The molecule has 0 aromatic carbocycles. The van der Waals surface area contributed by atoms with Crippen LogP contribution >= 0.6 is 0 Å². The van der Waals surface area contributed by atoms with E-state index in [1.807, 2.05) is 0 Å².